The fourth-order valence-corrected chi connectivity index (χ4v) is 5.59. The number of anilines is 1. The molecule has 1 saturated heterocycles. The fourth-order valence-electron chi connectivity index (χ4n) is 4.07. The average molecular weight is 428 g/mol. The predicted octanol–water partition coefficient (Wildman–Crippen LogP) is 2.88. The van der Waals surface area contributed by atoms with E-state index in [0.717, 1.165) is 18.5 Å². The molecule has 3 rings (SSSR count). The third-order valence-corrected chi connectivity index (χ3v) is 7.79. The molecule has 6 nitrogen and oxygen atoms in total. The van der Waals surface area contributed by atoms with Gasteiger partial charge in [0.15, 0.2) is 0 Å². The second-order valence-corrected chi connectivity index (χ2v) is 10.3. The van der Waals surface area contributed by atoms with Crippen molar-refractivity contribution < 1.29 is 13.2 Å². The van der Waals surface area contributed by atoms with Gasteiger partial charge in [0.2, 0.25) is 15.9 Å². The Hall–Kier alpha value is -1.31. The molecule has 1 aromatic rings. The molecule has 1 aromatic carbocycles. The van der Waals surface area contributed by atoms with Gasteiger partial charge in [-0.1, -0.05) is 36.9 Å². The monoisotopic (exact) mass is 427 g/mol. The third kappa shape index (κ3) is 6.09. The first kappa shape index (κ1) is 21.4. The Bertz CT molecular complexity index is 758. The summed E-state index contributed by atoms with van der Waals surface area (Å²) in [5, 5.41) is 3.47. The van der Waals surface area contributed by atoms with Crippen LogP contribution in [0.1, 0.15) is 38.5 Å². The van der Waals surface area contributed by atoms with Crippen LogP contribution >= 0.6 is 11.6 Å². The second-order valence-electron chi connectivity index (χ2n) is 7.74. The number of amides is 1. The summed E-state index contributed by atoms with van der Waals surface area (Å²) >= 11 is 6.04. The molecule has 0 aromatic heterocycles. The standard InChI is InChI=1S/C20H30ClN3O3S/c21-18-7-4-8-19(16-18)23-10-12-24(13-11-23)28(26,27)14-9-22-20(25)15-17-5-2-1-3-6-17/h4,7-8,16-17H,1-3,5-6,9-15H2,(H,22,25). The van der Waals surface area contributed by atoms with E-state index in [1.807, 2.05) is 24.3 Å². The maximum Gasteiger partial charge on any atom is 0.220 e. The molecule has 0 radical (unpaired) electrons. The molecule has 156 valence electrons. The van der Waals surface area contributed by atoms with Gasteiger partial charge in [0.1, 0.15) is 0 Å². The van der Waals surface area contributed by atoms with Crippen LogP contribution in [0.4, 0.5) is 5.69 Å². The van der Waals surface area contributed by atoms with Crippen LogP contribution in [-0.2, 0) is 14.8 Å². The van der Waals surface area contributed by atoms with Gasteiger partial charge in [-0.2, -0.15) is 4.31 Å². The Morgan fingerprint density at radius 3 is 2.50 bits per heavy atom. The molecule has 1 N–H and O–H groups in total. The number of carbonyl (C=O) groups excluding carboxylic acids is 1. The highest BCUT2D eigenvalue weighted by Crippen LogP contribution is 2.26. The molecule has 1 amide bonds. The Kier molecular flexibility index (Phi) is 7.60. The maximum absolute atomic E-state index is 12.6. The van der Waals surface area contributed by atoms with E-state index in [1.165, 1.54) is 23.6 Å². The van der Waals surface area contributed by atoms with Crippen LogP contribution in [0.3, 0.4) is 0 Å². The molecule has 8 heteroatoms. The van der Waals surface area contributed by atoms with Crippen LogP contribution in [0, 0.1) is 5.92 Å². The molecule has 28 heavy (non-hydrogen) atoms. The molecule has 0 spiro atoms. The zero-order valence-corrected chi connectivity index (χ0v) is 17.8. The normalized spacial score (nSPS) is 19.5. The number of nitrogens with one attached hydrogen (secondary N) is 1. The van der Waals surface area contributed by atoms with Gasteiger partial charge in [-0.15, -0.1) is 0 Å². The van der Waals surface area contributed by atoms with E-state index in [2.05, 4.69) is 10.2 Å². The van der Waals surface area contributed by atoms with Crippen LogP contribution in [-0.4, -0.2) is 57.1 Å². The van der Waals surface area contributed by atoms with Crippen LogP contribution in [0.25, 0.3) is 0 Å². The molecular formula is C20H30ClN3O3S. The minimum Gasteiger partial charge on any atom is -0.369 e. The highest BCUT2D eigenvalue weighted by molar-refractivity contribution is 7.89. The average Bonchev–Trinajstić information content (AvgIpc) is 2.69. The van der Waals surface area contributed by atoms with Gasteiger partial charge in [-0.3, -0.25) is 4.79 Å². The summed E-state index contributed by atoms with van der Waals surface area (Å²) in [5.41, 5.74) is 1.01. The van der Waals surface area contributed by atoms with E-state index in [1.54, 1.807) is 0 Å². The highest BCUT2D eigenvalue weighted by atomic mass is 35.5. The molecule has 0 unspecified atom stereocenters. The highest BCUT2D eigenvalue weighted by Gasteiger charge is 2.27. The quantitative estimate of drug-likeness (QED) is 0.726. The first-order valence-corrected chi connectivity index (χ1v) is 12.2. The molecule has 1 heterocycles. The molecular weight excluding hydrogens is 398 g/mol. The predicted molar refractivity (Wildman–Crippen MR) is 113 cm³/mol. The summed E-state index contributed by atoms with van der Waals surface area (Å²) in [5.74, 6) is 0.401. The van der Waals surface area contributed by atoms with E-state index in [4.69, 9.17) is 11.6 Å². The van der Waals surface area contributed by atoms with Crippen molar-refractivity contribution in [3.8, 4) is 0 Å². The Morgan fingerprint density at radius 1 is 1.11 bits per heavy atom. The van der Waals surface area contributed by atoms with Gasteiger partial charge >= 0.3 is 0 Å². The SMILES string of the molecule is O=C(CC1CCCCC1)NCCS(=O)(=O)N1CCN(c2cccc(Cl)c2)CC1. The van der Waals surface area contributed by atoms with Crippen LogP contribution in [0.5, 0.6) is 0 Å². The maximum atomic E-state index is 12.6. The van der Waals surface area contributed by atoms with Crippen LogP contribution < -0.4 is 10.2 Å². The molecule has 1 aliphatic heterocycles. The largest absolute Gasteiger partial charge is 0.369 e. The number of piperazine rings is 1. The lowest BCUT2D eigenvalue weighted by Gasteiger charge is -2.35. The lowest BCUT2D eigenvalue weighted by molar-refractivity contribution is -0.122. The van der Waals surface area contributed by atoms with Crippen molar-refractivity contribution in [2.24, 2.45) is 5.92 Å². The first-order chi connectivity index (χ1) is 13.4. The number of nitrogens with zero attached hydrogens (tertiary/aromatic N) is 2. The van der Waals surface area contributed by atoms with E-state index in [0.29, 0.717) is 43.5 Å². The summed E-state index contributed by atoms with van der Waals surface area (Å²) in [6.45, 7) is 2.35. The second kappa shape index (κ2) is 9.94. The number of carbonyl (C=O) groups is 1. The summed E-state index contributed by atoms with van der Waals surface area (Å²) in [6.07, 6.45) is 6.42. The molecule has 2 aliphatic rings. The molecule has 1 aliphatic carbocycles. The minimum absolute atomic E-state index is 0.0205. The van der Waals surface area contributed by atoms with Crippen LogP contribution in [0.15, 0.2) is 24.3 Å². The zero-order chi connectivity index (χ0) is 20.0. The Labute approximate surface area is 173 Å². The van der Waals surface area contributed by atoms with Gasteiger partial charge in [0.25, 0.3) is 0 Å². The molecule has 1 saturated carbocycles. The molecule has 0 bridgehead atoms. The van der Waals surface area contributed by atoms with Gasteiger partial charge in [0, 0.05) is 49.9 Å². The lowest BCUT2D eigenvalue weighted by atomic mass is 9.87. The van der Waals surface area contributed by atoms with E-state index < -0.39 is 10.0 Å². The molecule has 0 atom stereocenters. The Morgan fingerprint density at radius 2 is 1.82 bits per heavy atom. The number of halogens is 1. The van der Waals surface area contributed by atoms with E-state index in [-0.39, 0.29) is 18.2 Å². The van der Waals surface area contributed by atoms with Crippen LogP contribution in [0.2, 0.25) is 5.02 Å². The number of hydrogen-bond acceptors (Lipinski definition) is 4. The number of benzene rings is 1. The topological polar surface area (TPSA) is 69.7 Å². The summed E-state index contributed by atoms with van der Waals surface area (Å²) in [7, 11) is -3.36. The van der Waals surface area contributed by atoms with Gasteiger partial charge in [-0.25, -0.2) is 8.42 Å². The van der Waals surface area contributed by atoms with Gasteiger partial charge < -0.3 is 10.2 Å². The number of sulfonamides is 1. The summed E-state index contributed by atoms with van der Waals surface area (Å²) < 4.78 is 26.7. The third-order valence-electron chi connectivity index (χ3n) is 5.69. The van der Waals surface area contributed by atoms with Gasteiger partial charge in [-0.05, 0) is 37.0 Å². The number of hydrogen-bond donors (Lipinski definition) is 1. The van der Waals surface area contributed by atoms with Crippen molar-refractivity contribution in [2.75, 3.05) is 43.4 Å². The van der Waals surface area contributed by atoms with Gasteiger partial charge in [0.05, 0.1) is 5.75 Å². The van der Waals surface area contributed by atoms with Crippen molar-refractivity contribution in [1.82, 2.24) is 9.62 Å². The summed E-state index contributed by atoms with van der Waals surface area (Å²) in [4.78, 5) is 14.2. The van der Waals surface area contributed by atoms with Crippen molar-refractivity contribution in [2.45, 2.75) is 38.5 Å². The smallest absolute Gasteiger partial charge is 0.220 e. The van der Waals surface area contributed by atoms with Crippen molar-refractivity contribution >= 4 is 33.2 Å². The fraction of sp³-hybridized carbons (Fsp3) is 0.650. The minimum atomic E-state index is -3.36. The molecule has 2 fully saturated rings. The van der Waals surface area contributed by atoms with E-state index >= 15 is 0 Å². The first-order valence-electron chi connectivity index (χ1n) is 10.2. The number of rotatable bonds is 7. The van der Waals surface area contributed by atoms with Crippen molar-refractivity contribution in [3.63, 3.8) is 0 Å². The lowest BCUT2D eigenvalue weighted by Crippen LogP contribution is -2.50. The summed E-state index contributed by atoms with van der Waals surface area (Å²) in [6, 6.07) is 7.61. The Balaban J connectivity index is 1.40. The van der Waals surface area contributed by atoms with E-state index in [9.17, 15) is 13.2 Å². The zero-order valence-electron chi connectivity index (χ0n) is 16.3. The van der Waals surface area contributed by atoms with Crippen molar-refractivity contribution in [3.05, 3.63) is 29.3 Å². The van der Waals surface area contributed by atoms with Crippen molar-refractivity contribution in [1.29, 1.82) is 0 Å².